The summed E-state index contributed by atoms with van der Waals surface area (Å²) in [6, 6.07) is 7.81. The van der Waals surface area contributed by atoms with Gasteiger partial charge in [0, 0.05) is 12.4 Å². The summed E-state index contributed by atoms with van der Waals surface area (Å²) >= 11 is 0. The highest BCUT2D eigenvalue weighted by atomic mass is 19.1. The Bertz CT molecular complexity index is 889. The van der Waals surface area contributed by atoms with Gasteiger partial charge in [0.15, 0.2) is 0 Å². The minimum absolute atomic E-state index is 0.289. The molecule has 7 heteroatoms. The van der Waals surface area contributed by atoms with Crippen LogP contribution in [0.5, 0.6) is 0 Å². The number of carbonyl (C=O) groups is 1. The van der Waals surface area contributed by atoms with Gasteiger partial charge < -0.3 is 15.5 Å². The molecule has 2 N–H and O–H groups in total. The summed E-state index contributed by atoms with van der Waals surface area (Å²) in [6.07, 6.45) is 10.1. The molecule has 2 aromatic rings. The molecular weight excluding hydrogens is 321 g/mol. The molecule has 4 rings (SSSR count). The van der Waals surface area contributed by atoms with Crippen LogP contribution in [-0.4, -0.2) is 20.8 Å². The number of fused-ring (bicyclic) bond motifs is 1. The van der Waals surface area contributed by atoms with Crippen LogP contribution in [-0.2, 0) is 4.79 Å². The molecule has 0 spiro atoms. The number of rotatable bonds is 3. The van der Waals surface area contributed by atoms with E-state index in [2.05, 4.69) is 20.6 Å². The van der Waals surface area contributed by atoms with Crippen molar-refractivity contribution in [1.29, 1.82) is 0 Å². The van der Waals surface area contributed by atoms with Crippen LogP contribution in [0.3, 0.4) is 0 Å². The maximum Gasteiger partial charge on any atom is 0.275 e. The standard InChI is InChI=1S/C18H14FN5O/c19-13-6-4-12(5-7-13)17-23-16(14-3-1-2-10-24(14)17)18(25)22-15-8-9-20-11-21-15/h1-11,17,23H,(H,20,21,22,25). The number of hydrogen-bond acceptors (Lipinski definition) is 5. The third-order valence-electron chi connectivity index (χ3n) is 3.94. The van der Waals surface area contributed by atoms with Gasteiger partial charge in [-0.1, -0.05) is 18.2 Å². The number of nitrogens with one attached hydrogen (secondary N) is 2. The van der Waals surface area contributed by atoms with Gasteiger partial charge in [-0.3, -0.25) is 4.79 Å². The summed E-state index contributed by atoms with van der Waals surface area (Å²) in [7, 11) is 0. The summed E-state index contributed by atoms with van der Waals surface area (Å²) in [5.74, 6) is -0.184. The Hall–Kier alpha value is -3.48. The smallest absolute Gasteiger partial charge is 0.275 e. The highest BCUT2D eigenvalue weighted by Gasteiger charge is 2.34. The topological polar surface area (TPSA) is 70.2 Å². The van der Waals surface area contributed by atoms with E-state index in [-0.39, 0.29) is 17.9 Å². The summed E-state index contributed by atoms with van der Waals surface area (Å²) < 4.78 is 13.2. The molecule has 1 atom stereocenters. The molecule has 124 valence electrons. The molecule has 1 unspecified atom stereocenters. The maximum absolute atomic E-state index is 13.2. The van der Waals surface area contributed by atoms with E-state index in [0.717, 1.165) is 11.3 Å². The molecule has 0 fully saturated rings. The lowest BCUT2D eigenvalue weighted by Gasteiger charge is -2.26. The number of allylic oxidation sites excluding steroid dienone is 3. The molecule has 2 aliphatic rings. The zero-order chi connectivity index (χ0) is 17.2. The molecule has 1 amide bonds. The van der Waals surface area contributed by atoms with Crippen LogP contribution in [0.4, 0.5) is 10.2 Å². The van der Waals surface area contributed by atoms with E-state index in [4.69, 9.17) is 0 Å². The molecule has 0 saturated carbocycles. The van der Waals surface area contributed by atoms with E-state index in [0.29, 0.717) is 11.5 Å². The van der Waals surface area contributed by atoms with E-state index in [9.17, 15) is 9.18 Å². The van der Waals surface area contributed by atoms with Crippen molar-refractivity contribution in [1.82, 2.24) is 20.2 Å². The molecule has 0 aliphatic carbocycles. The van der Waals surface area contributed by atoms with Crippen LogP contribution < -0.4 is 10.6 Å². The van der Waals surface area contributed by atoms with Gasteiger partial charge >= 0.3 is 0 Å². The van der Waals surface area contributed by atoms with Crippen molar-refractivity contribution in [3.8, 4) is 0 Å². The van der Waals surface area contributed by atoms with Gasteiger partial charge in [-0.25, -0.2) is 14.4 Å². The number of hydrogen-bond donors (Lipinski definition) is 2. The molecule has 1 aromatic carbocycles. The zero-order valence-corrected chi connectivity index (χ0v) is 13.1. The third-order valence-corrected chi connectivity index (χ3v) is 3.94. The largest absolute Gasteiger partial charge is 0.355 e. The third kappa shape index (κ3) is 2.87. The van der Waals surface area contributed by atoms with Gasteiger partial charge in [0.2, 0.25) is 0 Å². The second kappa shape index (κ2) is 6.20. The van der Waals surface area contributed by atoms with Crippen molar-refractivity contribution in [2.45, 2.75) is 6.17 Å². The van der Waals surface area contributed by atoms with Crippen molar-refractivity contribution in [3.05, 3.63) is 90.1 Å². The Morgan fingerprint density at radius 3 is 2.80 bits per heavy atom. The average Bonchev–Trinajstić information content (AvgIpc) is 3.03. The number of carbonyl (C=O) groups excluding carboxylic acids is 1. The molecular formula is C18H14FN5O. The van der Waals surface area contributed by atoms with Crippen molar-refractivity contribution in [2.24, 2.45) is 0 Å². The van der Waals surface area contributed by atoms with Crippen LogP contribution in [0.2, 0.25) is 0 Å². The van der Waals surface area contributed by atoms with Gasteiger partial charge in [-0.2, -0.15) is 0 Å². The fourth-order valence-corrected chi connectivity index (χ4v) is 2.79. The summed E-state index contributed by atoms with van der Waals surface area (Å²) in [4.78, 5) is 22.4. The summed E-state index contributed by atoms with van der Waals surface area (Å²) in [6.45, 7) is 0. The fraction of sp³-hybridized carbons (Fsp3) is 0.0556. The van der Waals surface area contributed by atoms with E-state index in [1.807, 2.05) is 29.3 Å². The van der Waals surface area contributed by atoms with Gasteiger partial charge in [-0.15, -0.1) is 0 Å². The second-order valence-electron chi connectivity index (χ2n) is 5.52. The van der Waals surface area contributed by atoms with E-state index < -0.39 is 0 Å². The SMILES string of the molecule is O=C(Nc1ccncn1)C1=C2C=CC=CN2C(c2ccc(F)cc2)N1. The number of benzene rings is 1. The average molecular weight is 335 g/mol. The van der Waals surface area contributed by atoms with Crippen molar-refractivity contribution in [2.75, 3.05) is 5.32 Å². The van der Waals surface area contributed by atoms with E-state index >= 15 is 0 Å². The molecule has 2 aliphatic heterocycles. The summed E-state index contributed by atoms with van der Waals surface area (Å²) in [5, 5.41) is 5.96. The molecule has 0 bridgehead atoms. The molecule has 25 heavy (non-hydrogen) atoms. The minimum atomic E-state index is -0.303. The Balaban J connectivity index is 1.63. The molecule has 1 aromatic heterocycles. The highest BCUT2D eigenvalue weighted by molar-refractivity contribution is 6.04. The first-order valence-corrected chi connectivity index (χ1v) is 7.69. The van der Waals surface area contributed by atoms with Crippen LogP contribution in [0.1, 0.15) is 11.7 Å². The molecule has 6 nitrogen and oxygen atoms in total. The quantitative estimate of drug-likeness (QED) is 0.902. The number of amides is 1. The van der Waals surface area contributed by atoms with E-state index in [1.54, 1.807) is 24.4 Å². The Kier molecular flexibility index (Phi) is 3.74. The monoisotopic (exact) mass is 335 g/mol. The Morgan fingerprint density at radius 1 is 1.20 bits per heavy atom. The molecule has 0 saturated heterocycles. The normalized spacial score (nSPS) is 18.1. The van der Waals surface area contributed by atoms with Crippen LogP contribution >= 0.6 is 0 Å². The first-order chi connectivity index (χ1) is 12.2. The van der Waals surface area contributed by atoms with Crippen LogP contribution in [0, 0.1) is 5.82 Å². The first kappa shape index (κ1) is 15.1. The minimum Gasteiger partial charge on any atom is -0.355 e. The lowest BCUT2D eigenvalue weighted by Crippen LogP contribution is -2.28. The van der Waals surface area contributed by atoms with Crippen LogP contribution in [0.25, 0.3) is 0 Å². The fourth-order valence-electron chi connectivity index (χ4n) is 2.79. The lowest BCUT2D eigenvalue weighted by molar-refractivity contribution is -0.113. The van der Waals surface area contributed by atoms with Gasteiger partial charge in [0.05, 0.1) is 5.70 Å². The number of anilines is 1. The first-order valence-electron chi connectivity index (χ1n) is 7.69. The van der Waals surface area contributed by atoms with Gasteiger partial charge in [0.25, 0.3) is 5.91 Å². The lowest BCUT2D eigenvalue weighted by atomic mass is 10.1. The highest BCUT2D eigenvalue weighted by Crippen LogP contribution is 2.34. The molecule has 3 heterocycles. The number of halogens is 1. The van der Waals surface area contributed by atoms with Crippen molar-refractivity contribution >= 4 is 11.7 Å². The van der Waals surface area contributed by atoms with Crippen LogP contribution in [0.15, 0.2) is 78.7 Å². The predicted octanol–water partition coefficient (Wildman–Crippen LogP) is 2.45. The van der Waals surface area contributed by atoms with Crippen molar-refractivity contribution in [3.63, 3.8) is 0 Å². The van der Waals surface area contributed by atoms with Crippen molar-refractivity contribution < 1.29 is 9.18 Å². The maximum atomic E-state index is 13.2. The second-order valence-corrected chi connectivity index (χ2v) is 5.52. The Morgan fingerprint density at radius 2 is 2.04 bits per heavy atom. The number of nitrogens with zero attached hydrogens (tertiary/aromatic N) is 3. The number of aromatic nitrogens is 2. The van der Waals surface area contributed by atoms with E-state index in [1.165, 1.54) is 18.5 Å². The Labute approximate surface area is 143 Å². The van der Waals surface area contributed by atoms with Gasteiger partial charge in [0.1, 0.15) is 29.8 Å². The molecule has 0 radical (unpaired) electrons. The predicted molar refractivity (Wildman–Crippen MR) is 90.1 cm³/mol. The zero-order valence-electron chi connectivity index (χ0n) is 13.1. The van der Waals surface area contributed by atoms with Gasteiger partial charge in [-0.05, 0) is 35.9 Å². The summed E-state index contributed by atoms with van der Waals surface area (Å²) in [5.41, 5.74) is 2.01.